The molecule has 0 N–H and O–H groups in total. The summed E-state index contributed by atoms with van der Waals surface area (Å²) in [6, 6.07) is 4.28. The topological polar surface area (TPSA) is 104 Å². The van der Waals surface area contributed by atoms with Crippen LogP contribution in [0.15, 0.2) is 41.6 Å². The molecule has 0 aliphatic carbocycles. The molecule has 0 saturated carbocycles. The van der Waals surface area contributed by atoms with E-state index in [1.54, 1.807) is 12.1 Å². The molecule has 8 heteroatoms. The normalized spacial score (nSPS) is 10.1. The molecular formula is C13H11N3O5. The number of pyridine rings is 2. The van der Waals surface area contributed by atoms with E-state index in [1.807, 2.05) is 0 Å². The maximum absolute atomic E-state index is 11.3. The zero-order valence-corrected chi connectivity index (χ0v) is 11.1. The van der Waals surface area contributed by atoms with E-state index in [0.717, 1.165) is 12.3 Å². The van der Waals surface area contributed by atoms with Gasteiger partial charge in [0.15, 0.2) is 0 Å². The summed E-state index contributed by atoms with van der Waals surface area (Å²) in [7, 11) is 1.27. The van der Waals surface area contributed by atoms with E-state index in [-0.39, 0.29) is 6.54 Å². The van der Waals surface area contributed by atoms with Crippen LogP contribution in [0.1, 0.15) is 16.1 Å². The second kappa shape index (κ2) is 5.95. The summed E-state index contributed by atoms with van der Waals surface area (Å²) >= 11 is 0. The molecule has 2 aromatic rings. The highest BCUT2D eigenvalue weighted by Gasteiger charge is 2.12. The van der Waals surface area contributed by atoms with Gasteiger partial charge in [0, 0.05) is 18.5 Å². The maximum atomic E-state index is 11.3. The SMILES string of the molecule is COC(=O)c1ccc(Cn2ccc(=O)c([N+](=O)[O-])c2)nc1. The summed E-state index contributed by atoms with van der Waals surface area (Å²) in [5.74, 6) is -0.493. The minimum absolute atomic E-state index is 0.239. The zero-order valence-electron chi connectivity index (χ0n) is 11.1. The number of carbonyl (C=O) groups is 1. The lowest BCUT2D eigenvalue weighted by Gasteiger charge is -2.06. The minimum atomic E-state index is -0.730. The standard InChI is InChI=1S/C13H11N3O5/c1-21-13(18)9-2-3-10(14-6-9)7-15-5-4-12(17)11(8-15)16(19)20/h2-6,8H,7H2,1H3. The molecule has 0 radical (unpaired) electrons. The second-order valence-corrected chi connectivity index (χ2v) is 4.15. The highest BCUT2D eigenvalue weighted by molar-refractivity contribution is 5.88. The molecule has 0 unspecified atom stereocenters. The Labute approximate surface area is 118 Å². The summed E-state index contributed by atoms with van der Waals surface area (Å²) in [5.41, 5.74) is -0.248. The number of rotatable bonds is 4. The number of carbonyl (C=O) groups excluding carboxylic acids is 1. The Morgan fingerprint density at radius 2 is 2.19 bits per heavy atom. The van der Waals surface area contributed by atoms with Crippen LogP contribution >= 0.6 is 0 Å². The molecule has 8 nitrogen and oxygen atoms in total. The first-order valence-corrected chi connectivity index (χ1v) is 5.89. The molecule has 2 aromatic heterocycles. The fraction of sp³-hybridized carbons (Fsp3) is 0.154. The lowest BCUT2D eigenvalue weighted by Crippen LogP contribution is -2.12. The summed E-state index contributed by atoms with van der Waals surface area (Å²) in [4.78, 5) is 36.6. The molecule has 108 valence electrons. The molecule has 0 aliphatic rings. The van der Waals surface area contributed by atoms with Gasteiger partial charge in [-0.1, -0.05) is 0 Å². The number of aromatic nitrogens is 2. The molecule has 0 aromatic carbocycles. The average molecular weight is 289 g/mol. The van der Waals surface area contributed by atoms with Gasteiger partial charge >= 0.3 is 11.7 Å². The van der Waals surface area contributed by atoms with Gasteiger partial charge in [-0.2, -0.15) is 0 Å². The van der Waals surface area contributed by atoms with Crippen LogP contribution in [0, 0.1) is 10.1 Å². The van der Waals surface area contributed by atoms with E-state index in [2.05, 4.69) is 9.72 Å². The smallest absolute Gasteiger partial charge is 0.339 e. The van der Waals surface area contributed by atoms with E-state index in [9.17, 15) is 19.7 Å². The maximum Gasteiger partial charge on any atom is 0.339 e. The lowest BCUT2D eigenvalue weighted by atomic mass is 10.2. The van der Waals surface area contributed by atoms with Crippen LogP contribution in [-0.4, -0.2) is 27.6 Å². The van der Waals surface area contributed by atoms with Crippen molar-refractivity contribution < 1.29 is 14.5 Å². The van der Waals surface area contributed by atoms with Crippen LogP contribution in [0.4, 0.5) is 5.69 Å². The number of ether oxygens (including phenoxy) is 1. The highest BCUT2D eigenvalue weighted by Crippen LogP contribution is 2.07. The zero-order chi connectivity index (χ0) is 15.4. The summed E-state index contributed by atoms with van der Waals surface area (Å²) in [6.07, 6.45) is 3.95. The number of esters is 1. The molecule has 0 atom stereocenters. The monoisotopic (exact) mass is 289 g/mol. The first-order chi connectivity index (χ1) is 10.0. The Morgan fingerprint density at radius 3 is 2.76 bits per heavy atom. The van der Waals surface area contributed by atoms with E-state index in [1.165, 1.54) is 24.1 Å². The summed E-state index contributed by atoms with van der Waals surface area (Å²) in [6.45, 7) is 0.239. The molecule has 0 aliphatic heterocycles. The van der Waals surface area contributed by atoms with E-state index in [0.29, 0.717) is 11.3 Å². The van der Waals surface area contributed by atoms with Crippen molar-refractivity contribution in [3.63, 3.8) is 0 Å². The molecular weight excluding hydrogens is 278 g/mol. The quantitative estimate of drug-likeness (QED) is 0.472. The Morgan fingerprint density at radius 1 is 1.43 bits per heavy atom. The van der Waals surface area contributed by atoms with Crippen molar-refractivity contribution in [1.29, 1.82) is 0 Å². The molecule has 2 heterocycles. The Kier molecular flexibility index (Phi) is 4.07. The van der Waals surface area contributed by atoms with Gasteiger partial charge in [0.25, 0.3) is 5.43 Å². The fourth-order valence-corrected chi connectivity index (χ4v) is 1.69. The van der Waals surface area contributed by atoms with Crippen molar-refractivity contribution in [2.75, 3.05) is 7.11 Å². The number of nitro groups is 1. The van der Waals surface area contributed by atoms with Crippen LogP contribution in [0.2, 0.25) is 0 Å². The van der Waals surface area contributed by atoms with Crippen molar-refractivity contribution in [2.24, 2.45) is 0 Å². The van der Waals surface area contributed by atoms with Gasteiger partial charge in [0.2, 0.25) is 0 Å². The minimum Gasteiger partial charge on any atom is -0.465 e. The van der Waals surface area contributed by atoms with Gasteiger partial charge in [-0.05, 0) is 12.1 Å². The van der Waals surface area contributed by atoms with Crippen LogP contribution in [0.5, 0.6) is 0 Å². The van der Waals surface area contributed by atoms with Crippen LogP contribution in [-0.2, 0) is 11.3 Å². The molecule has 0 fully saturated rings. The predicted molar refractivity (Wildman–Crippen MR) is 72.0 cm³/mol. The third kappa shape index (κ3) is 3.30. The number of hydrogen-bond donors (Lipinski definition) is 0. The third-order valence-electron chi connectivity index (χ3n) is 2.75. The predicted octanol–water partition coefficient (Wildman–Crippen LogP) is 0.986. The van der Waals surface area contributed by atoms with Gasteiger partial charge < -0.3 is 9.30 Å². The van der Waals surface area contributed by atoms with E-state index < -0.39 is 22.0 Å². The van der Waals surface area contributed by atoms with Crippen molar-refractivity contribution in [1.82, 2.24) is 9.55 Å². The van der Waals surface area contributed by atoms with Gasteiger partial charge in [-0.25, -0.2) is 4.79 Å². The Balaban J connectivity index is 2.22. The summed E-state index contributed by atoms with van der Waals surface area (Å²) in [5, 5.41) is 10.7. The van der Waals surface area contributed by atoms with Crippen LogP contribution in [0.3, 0.4) is 0 Å². The van der Waals surface area contributed by atoms with Gasteiger partial charge in [0.05, 0.1) is 36.0 Å². The molecule has 0 spiro atoms. The van der Waals surface area contributed by atoms with E-state index in [4.69, 9.17) is 0 Å². The third-order valence-corrected chi connectivity index (χ3v) is 2.75. The van der Waals surface area contributed by atoms with E-state index >= 15 is 0 Å². The van der Waals surface area contributed by atoms with Crippen molar-refractivity contribution in [3.05, 3.63) is 68.4 Å². The lowest BCUT2D eigenvalue weighted by molar-refractivity contribution is -0.386. The van der Waals surface area contributed by atoms with Crippen LogP contribution < -0.4 is 5.43 Å². The molecule has 21 heavy (non-hydrogen) atoms. The summed E-state index contributed by atoms with van der Waals surface area (Å²) < 4.78 is 6.03. The van der Waals surface area contributed by atoms with Gasteiger partial charge in [-0.3, -0.25) is 19.9 Å². The second-order valence-electron chi connectivity index (χ2n) is 4.15. The fourth-order valence-electron chi connectivity index (χ4n) is 1.69. The number of nitrogens with zero attached hydrogens (tertiary/aromatic N) is 3. The van der Waals surface area contributed by atoms with Gasteiger partial charge in [0.1, 0.15) is 0 Å². The first-order valence-electron chi connectivity index (χ1n) is 5.89. The first kappa shape index (κ1) is 14.4. The van der Waals surface area contributed by atoms with Crippen molar-refractivity contribution in [2.45, 2.75) is 6.54 Å². The molecule has 0 saturated heterocycles. The number of hydrogen-bond acceptors (Lipinski definition) is 6. The van der Waals surface area contributed by atoms with Crippen molar-refractivity contribution >= 4 is 11.7 Å². The number of methoxy groups -OCH3 is 1. The average Bonchev–Trinajstić information content (AvgIpc) is 2.49. The largest absolute Gasteiger partial charge is 0.465 e. The highest BCUT2D eigenvalue weighted by atomic mass is 16.6. The Hall–Kier alpha value is -3.03. The van der Waals surface area contributed by atoms with Gasteiger partial charge in [-0.15, -0.1) is 0 Å². The molecule has 2 rings (SSSR count). The Bertz CT molecular complexity index is 736. The van der Waals surface area contributed by atoms with Crippen molar-refractivity contribution in [3.8, 4) is 0 Å². The molecule has 0 bridgehead atoms. The molecule has 0 amide bonds. The van der Waals surface area contributed by atoms with Crippen LogP contribution in [0.25, 0.3) is 0 Å².